The molecule has 0 aromatic carbocycles. The lowest BCUT2D eigenvalue weighted by atomic mass is 9.39. The molecule has 1 N–H and O–H groups in total. The van der Waals surface area contributed by atoms with E-state index < -0.39 is 0 Å². The molecule has 190 valence electrons. The summed E-state index contributed by atoms with van der Waals surface area (Å²) in [7, 11) is 1.59. The van der Waals surface area contributed by atoms with E-state index in [-0.39, 0.29) is 22.0 Å². The molecule has 0 spiro atoms. The number of carbonyl (C=O) groups excluding carboxylic acids is 1. The lowest BCUT2D eigenvalue weighted by Gasteiger charge is -2.65. The summed E-state index contributed by atoms with van der Waals surface area (Å²) >= 11 is 0. The first kappa shape index (κ1) is 24.6. The molecule has 5 aliphatic carbocycles. The minimum atomic E-state index is -0.163. The molecule has 0 radical (unpaired) electrons. The summed E-state index contributed by atoms with van der Waals surface area (Å²) in [6.07, 6.45) is 14.5. The van der Waals surface area contributed by atoms with Crippen molar-refractivity contribution in [2.75, 3.05) is 13.7 Å². The number of hydrogen-bond donors (Lipinski definition) is 1. The van der Waals surface area contributed by atoms with Crippen molar-refractivity contribution in [3.63, 3.8) is 0 Å². The fourth-order valence-corrected chi connectivity index (χ4v) is 8.81. The van der Waals surface area contributed by atoms with Crippen molar-refractivity contribution >= 4 is 11.7 Å². The van der Waals surface area contributed by atoms with Crippen molar-refractivity contribution in [3.05, 3.63) is 46.3 Å². The highest BCUT2D eigenvalue weighted by atomic mass is 16.5. The van der Waals surface area contributed by atoms with Crippen molar-refractivity contribution in [1.82, 2.24) is 0 Å². The predicted octanol–water partition coefficient (Wildman–Crippen LogP) is 7.33. The lowest BCUT2D eigenvalue weighted by molar-refractivity contribution is -0.114. The fraction of sp³-hybridized carbons (Fsp3) is 0.677. The number of hydrogen-bond acceptors (Lipinski definition) is 4. The van der Waals surface area contributed by atoms with Gasteiger partial charge in [0.2, 0.25) is 5.78 Å². The van der Waals surface area contributed by atoms with Gasteiger partial charge in [-0.3, -0.25) is 10.2 Å². The van der Waals surface area contributed by atoms with Crippen LogP contribution in [0.25, 0.3) is 0 Å². The quantitative estimate of drug-likeness (QED) is 0.342. The first-order valence-corrected chi connectivity index (χ1v) is 13.6. The molecule has 6 atom stereocenters. The summed E-state index contributed by atoms with van der Waals surface area (Å²) < 4.78 is 11.2. The Morgan fingerprint density at radius 3 is 2.46 bits per heavy atom. The van der Waals surface area contributed by atoms with Gasteiger partial charge in [0.05, 0.1) is 13.7 Å². The zero-order chi connectivity index (χ0) is 25.4. The number of rotatable bonds is 3. The van der Waals surface area contributed by atoms with E-state index in [0.717, 1.165) is 24.8 Å². The fourth-order valence-electron chi connectivity index (χ4n) is 8.81. The standard InChI is InChI=1S/C31H43NO3/c1-8-35-27(32)29(4)14-13-28(3)15-16-31(6)21(23(28)18-29)11-12-30(5)22-17-24(33)26(34-7)19(2)20(22)9-10-25(30)31/h9-10,17,21,23,32H,8,11-16,18H2,1-7H3/t21?,23?,28?,29-,30?,31?/m1/s1. The summed E-state index contributed by atoms with van der Waals surface area (Å²) in [5, 5.41) is 8.68. The molecule has 5 aliphatic rings. The van der Waals surface area contributed by atoms with Gasteiger partial charge in [-0.05, 0) is 98.7 Å². The average molecular weight is 478 g/mol. The average Bonchev–Trinajstić information content (AvgIpc) is 2.81. The molecule has 0 amide bonds. The summed E-state index contributed by atoms with van der Waals surface area (Å²) in [6, 6.07) is 0. The van der Waals surface area contributed by atoms with Crippen molar-refractivity contribution in [3.8, 4) is 0 Å². The van der Waals surface area contributed by atoms with Crippen LogP contribution in [0.4, 0.5) is 0 Å². The maximum Gasteiger partial charge on any atom is 0.220 e. The maximum atomic E-state index is 13.0. The van der Waals surface area contributed by atoms with E-state index in [0.29, 0.717) is 35.5 Å². The predicted molar refractivity (Wildman–Crippen MR) is 140 cm³/mol. The molecular weight excluding hydrogens is 434 g/mol. The Morgan fingerprint density at radius 2 is 1.77 bits per heavy atom. The van der Waals surface area contributed by atoms with Crippen LogP contribution in [0.15, 0.2) is 46.3 Å². The number of nitrogens with one attached hydrogen (secondary N) is 1. The zero-order valence-electron chi connectivity index (χ0n) is 22.8. The summed E-state index contributed by atoms with van der Waals surface area (Å²) in [5.74, 6) is 2.14. The van der Waals surface area contributed by atoms with E-state index >= 15 is 0 Å². The Bertz CT molecular complexity index is 1110. The number of allylic oxidation sites excluding steroid dienone is 7. The molecule has 3 fully saturated rings. The number of ketones is 1. The van der Waals surface area contributed by atoms with E-state index in [1.165, 1.54) is 42.4 Å². The highest BCUT2D eigenvalue weighted by molar-refractivity contribution is 6.07. The highest BCUT2D eigenvalue weighted by Crippen LogP contribution is 2.70. The van der Waals surface area contributed by atoms with Crippen LogP contribution in [-0.2, 0) is 14.3 Å². The van der Waals surface area contributed by atoms with E-state index in [4.69, 9.17) is 14.9 Å². The van der Waals surface area contributed by atoms with E-state index in [2.05, 4.69) is 39.8 Å². The maximum absolute atomic E-state index is 13.0. The van der Waals surface area contributed by atoms with Crippen molar-refractivity contribution < 1.29 is 14.3 Å². The Hall–Kier alpha value is -2.10. The smallest absolute Gasteiger partial charge is 0.220 e. The van der Waals surface area contributed by atoms with Crippen LogP contribution in [0.5, 0.6) is 0 Å². The number of fused-ring (bicyclic) bond motifs is 7. The third-order valence-corrected chi connectivity index (χ3v) is 11.1. The molecule has 0 heterocycles. The van der Waals surface area contributed by atoms with E-state index in [1.54, 1.807) is 7.11 Å². The summed E-state index contributed by atoms with van der Waals surface area (Å²) in [6.45, 7) is 14.2. The molecule has 35 heavy (non-hydrogen) atoms. The van der Waals surface area contributed by atoms with Gasteiger partial charge in [-0.25, -0.2) is 0 Å². The first-order chi connectivity index (χ1) is 16.4. The van der Waals surface area contributed by atoms with Crippen LogP contribution >= 0.6 is 0 Å². The Morgan fingerprint density at radius 1 is 1.06 bits per heavy atom. The minimum absolute atomic E-state index is 0.000560. The minimum Gasteiger partial charge on any atom is -0.492 e. The Kier molecular flexibility index (Phi) is 5.58. The SMILES string of the molecule is CCOC(=N)[C@]1(C)CCC2(C)CCC3(C)C4=CC=C5C(=CC(=O)C(OC)=C5C)C4(C)CCC3C2C1. The van der Waals surface area contributed by atoms with Gasteiger partial charge in [-0.15, -0.1) is 0 Å². The second-order valence-corrected chi connectivity index (χ2v) is 12.9. The molecule has 0 aliphatic heterocycles. The summed E-state index contributed by atoms with van der Waals surface area (Å²) in [4.78, 5) is 13.0. The van der Waals surface area contributed by atoms with Gasteiger partial charge in [0.15, 0.2) is 11.7 Å². The highest BCUT2D eigenvalue weighted by Gasteiger charge is 2.62. The second-order valence-electron chi connectivity index (χ2n) is 12.9. The van der Waals surface area contributed by atoms with Gasteiger partial charge in [-0.1, -0.05) is 45.4 Å². The lowest BCUT2D eigenvalue weighted by Crippen LogP contribution is -2.57. The van der Waals surface area contributed by atoms with Gasteiger partial charge in [0.1, 0.15) is 0 Å². The van der Waals surface area contributed by atoms with Crippen LogP contribution in [-0.4, -0.2) is 25.4 Å². The molecule has 3 saturated carbocycles. The molecule has 4 nitrogen and oxygen atoms in total. The van der Waals surface area contributed by atoms with Gasteiger partial charge in [0, 0.05) is 16.4 Å². The molecule has 5 unspecified atom stereocenters. The topological polar surface area (TPSA) is 59.4 Å². The molecule has 4 heteroatoms. The van der Waals surface area contributed by atoms with E-state index in [9.17, 15) is 4.79 Å². The van der Waals surface area contributed by atoms with E-state index in [1.807, 2.05) is 19.9 Å². The third kappa shape index (κ3) is 3.30. The van der Waals surface area contributed by atoms with Crippen LogP contribution in [0.1, 0.15) is 86.5 Å². The summed E-state index contributed by atoms with van der Waals surface area (Å²) in [5.41, 5.74) is 5.02. The normalized spacial score (nSPS) is 42.5. The molecule has 0 saturated heterocycles. The van der Waals surface area contributed by atoms with Gasteiger partial charge in [0.25, 0.3) is 0 Å². The van der Waals surface area contributed by atoms with Crippen molar-refractivity contribution in [1.29, 1.82) is 5.41 Å². The number of carbonyl (C=O) groups is 1. The largest absolute Gasteiger partial charge is 0.492 e. The zero-order valence-corrected chi connectivity index (χ0v) is 22.8. The first-order valence-electron chi connectivity index (χ1n) is 13.6. The molecule has 0 aromatic rings. The molecular formula is C31H43NO3. The Balaban J connectivity index is 1.55. The number of ether oxygens (including phenoxy) is 2. The molecule has 5 rings (SSSR count). The van der Waals surface area contributed by atoms with Gasteiger partial charge >= 0.3 is 0 Å². The molecule has 0 bridgehead atoms. The van der Waals surface area contributed by atoms with Crippen LogP contribution in [0, 0.1) is 38.9 Å². The van der Waals surface area contributed by atoms with Crippen LogP contribution < -0.4 is 0 Å². The van der Waals surface area contributed by atoms with Gasteiger partial charge < -0.3 is 9.47 Å². The third-order valence-electron chi connectivity index (χ3n) is 11.1. The monoisotopic (exact) mass is 477 g/mol. The number of methoxy groups -OCH3 is 1. The molecule has 0 aromatic heterocycles. The second kappa shape index (κ2) is 7.95. The van der Waals surface area contributed by atoms with Crippen molar-refractivity contribution in [2.24, 2.45) is 33.5 Å². The van der Waals surface area contributed by atoms with Crippen LogP contribution in [0.2, 0.25) is 0 Å². The van der Waals surface area contributed by atoms with Crippen molar-refractivity contribution in [2.45, 2.75) is 86.5 Å². The van der Waals surface area contributed by atoms with Crippen LogP contribution in [0.3, 0.4) is 0 Å². The Labute approximate surface area is 211 Å². The van der Waals surface area contributed by atoms with Gasteiger partial charge in [-0.2, -0.15) is 0 Å².